The maximum absolute atomic E-state index is 11.3. The second-order valence-electron chi connectivity index (χ2n) is 3.90. The van der Waals surface area contributed by atoms with Crippen LogP contribution in [0.25, 0.3) is 0 Å². The molecule has 1 atom stereocenters. The molecular weight excluding hydrogens is 190 g/mol. The van der Waals surface area contributed by atoms with Crippen LogP contribution < -0.4 is 0 Å². The van der Waals surface area contributed by atoms with Gasteiger partial charge in [0.25, 0.3) is 0 Å². The van der Waals surface area contributed by atoms with E-state index in [0.29, 0.717) is 12.5 Å². The zero-order valence-corrected chi connectivity index (χ0v) is 8.67. The molecule has 1 amide bonds. The molecule has 1 saturated heterocycles. The summed E-state index contributed by atoms with van der Waals surface area (Å²) in [5, 5.41) is -0.389. The van der Waals surface area contributed by atoms with Crippen LogP contribution in [0.15, 0.2) is 0 Å². The molecule has 0 aromatic heterocycles. The number of nitrogens with zero attached hydrogens (tertiary/aromatic N) is 1. The van der Waals surface area contributed by atoms with Gasteiger partial charge in [-0.2, -0.15) is 0 Å². The summed E-state index contributed by atoms with van der Waals surface area (Å²) in [7, 11) is 0. The highest BCUT2D eigenvalue weighted by molar-refractivity contribution is 6.64. The van der Waals surface area contributed by atoms with Crippen molar-refractivity contribution in [2.75, 3.05) is 13.1 Å². The highest BCUT2D eigenvalue weighted by atomic mass is 35.5. The van der Waals surface area contributed by atoms with Crippen LogP contribution in [0.1, 0.15) is 20.3 Å². The van der Waals surface area contributed by atoms with E-state index in [2.05, 4.69) is 0 Å². The zero-order chi connectivity index (χ0) is 10.0. The Bertz CT molecular complexity index is 228. The van der Waals surface area contributed by atoms with Crippen LogP contribution in [0, 0.1) is 11.8 Å². The van der Waals surface area contributed by atoms with E-state index in [4.69, 9.17) is 11.6 Å². The van der Waals surface area contributed by atoms with Gasteiger partial charge in [-0.3, -0.25) is 9.59 Å². The predicted octanol–water partition coefficient (Wildman–Crippen LogP) is 1.26. The fraction of sp³-hybridized carbons (Fsp3) is 0.778. The highest BCUT2D eigenvalue weighted by Crippen LogP contribution is 2.20. The summed E-state index contributed by atoms with van der Waals surface area (Å²) in [5.41, 5.74) is 0. The molecule has 0 radical (unpaired) electrons. The second-order valence-corrected chi connectivity index (χ2v) is 4.27. The lowest BCUT2D eigenvalue weighted by Crippen LogP contribution is -2.29. The molecule has 1 aliphatic rings. The summed E-state index contributed by atoms with van der Waals surface area (Å²) < 4.78 is 0. The van der Waals surface area contributed by atoms with E-state index in [1.165, 1.54) is 0 Å². The van der Waals surface area contributed by atoms with Gasteiger partial charge in [0.05, 0.1) is 5.92 Å². The normalized spacial score (nSPS) is 22.9. The molecule has 74 valence electrons. The molecule has 1 heterocycles. The van der Waals surface area contributed by atoms with Crippen molar-refractivity contribution < 1.29 is 9.59 Å². The van der Waals surface area contributed by atoms with Gasteiger partial charge >= 0.3 is 0 Å². The summed E-state index contributed by atoms with van der Waals surface area (Å²) in [4.78, 5) is 23.9. The Morgan fingerprint density at radius 3 is 2.69 bits per heavy atom. The monoisotopic (exact) mass is 203 g/mol. The number of hydrogen-bond donors (Lipinski definition) is 0. The SMILES string of the molecule is CC(C)CN1C[C@H](C(=O)Cl)CC1=O. The summed E-state index contributed by atoms with van der Waals surface area (Å²) in [6.07, 6.45) is 0.287. The Morgan fingerprint density at radius 1 is 1.69 bits per heavy atom. The van der Waals surface area contributed by atoms with Gasteiger partial charge in [0.2, 0.25) is 11.1 Å². The average molecular weight is 204 g/mol. The smallest absolute Gasteiger partial charge is 0.227 e. The van der Waals surface area contributed by atoms with Crippen LogP contribution in [0.3, 0.4) is 0 Å². The third kappa shape index (κ3) is 2.69. The van der Waals surface area contributed by atoms with Crippen LogP contribution in [-0.4, -0.2) is 29.1 Å². The van der Waals surface area contributed by atoms with E-state index in [9.17, 15) is 9.59 Å². The van der Waals surface area contributed by atoms with Gasteiger partial charge in [-0.1, -0.05) is 13.8 Å². The number of rotatable bonds is 3. The lowest BCUT2D eigenvalue weighted by molar-refractivity contribution is -0.128. The van der Waals surface area contributed by atoms with Gasteiger partial charge in [-0.15, -0.1) is 0 Å². The van der Waals surface area contributed by atoms with Crippen LogP contribution in [0.2, 0.25) is 0 Å². The molecule has 0 spiro atoms. The minimum absolute atomic E-state index is 0.0488. The molecule has 13 heavy (non-hydrogen) atoms. The average Bonchev–Trinajstić information content (AvgIpc) is 2.31. The predicted molar refractivity (Wildman–Crippen MR) is 50.4 cm³/mol. The van der Waals surface area contributed by atoms with E-state index < -0.39 is 0 Å². The second kappa shape index (κ2) is 4.09. The Balaban J connectivity index is 2.51. The first-order chi connectivity index (χ1) is 6.00. The first-order valence-electron chi connectivity index (χ1n) is 4.47. The molecule has 0 bridgehead atoms. The van der Waals surface area contributed by atoms with Gasteiger partial charge in [-0.25, -0.2) is 0 Å². The van der Waals surface area contributed by atoms with Crippen molar-refractivity contribution in [1.82, 2.24) is 4.90 Å². The van der Waals surface area contributed by atoms with Crippen molar-refractivity contribution in [2.45, 2.75) is 20.3 Å². The molecule has 0 N–H and O–H groups in total. The van der Waals surface area contributed by atoms with Gasteiger partial charge in [0, 0.05) is 19.5 Å². The molecule has 1 aliphatic heterocycles. The number of hydrogen-bond acceptors (Lipinski definition) is 2. The van der Waals surface area contributed by atoms with Gasteiger partial charge in [-0.05, 0) is 17.5 Å². The molecule has 0 aromatic rings. The van der Waals surface area contributed by atoms with Crippen molar-refractivity contribution in [3.8, 4) is 0 Å². The number of carbonyl (C=O) groups is 2. The van der Waals surface area contributed by atoms with E-state index in [0.717, 1.165) is 6.54 Å². The van der Waals surface area contributed by atoms with Crippen molar-refractivity contribution in [1.29, 1.82) is 0 Å². The van der Waals surface area contributed by atoms with Crippen LogP contribution in [-0.2, 0) is 9.59 Å². The molecule has 4 heteroatoms. The van der Waals surface area contributed by atoms with Crippen molar-refractivity contribution in [2.24, 2.45) is 11.8 Å². The quantitative estimate of drug-likeness (QED) is 0.648. The van der Waals surface area contributed by atoms with Crippen LogP contribution >= 0.6 is 11.6 Å². The fourth-order valence-electron chi connectivity index (χ4n) is 1.54. The van der Waals surface area contributed by atoms with Crippen LogP contribution in [0.4, 0.5) is 0 Å². The Morgan fingerprint density at radius 2 is 2.31 bits per heavy atom. The van der Waals surface area contributed by atoms with Crippen molar-refractivity contribution in [3.63, 3.8) is 0 Å². The summed E-state index contributed by atoms with van der Waals surface area (Å²) in [6.45, 7) is 5.31. The molecular formula is C9H14ClNO2. The lowest BCUT2D eigenvalue weighted by atomic mass is 10.1. The molecule has 3 nitrogen and oxygen atoms in total. The van der Waals surface area contributed by atoms with Crippen molar-refractivity contribution in [3.05, 3.63) is 0 Å². The summed E-state index contributed by atoms with van der Waals surface area (Å²) >= 11 is 5.33. The number of halogens is 1. The maximum Gasteiger partial charge on any atom is 0.227 e. The topological polar surface area (TPSA) is 37.4 Å². The Kier molecular flexibility index (Phi) is 3.31. The van der Waals surface area contributed by atoms with Gasteiger partial charge in [0.15, 0.2) is 0 Å². The van der Waals surface area contributed by atoms with Gasteiger partial charge in [0.1, 0.15) is 0 Å². The molecule has 1 fully saturated rings. The first-order valence-corrected chi connectivity index (χ1v) is 4.85. The number of carbonyl (C=O) groups excluding carboxylic acids is 2. The molecule has 1 rings (SSSR count). The first kappa shape index (κ1) is 10.5. The van der Waals surface area contributed by atoms with E-state index >= 15 is 0 Å². The minimum atomic E-state index is -0.389. The molecule has 0 unspecified atom stereocenters. The standard InChI is InChI=1S/C9H14ClNO2/c1-6(2)4-11-5-7(9(10)13)3-8(11)12/h6-7H,3-5H2,1-2H3/t7-/m1/s1. The highest BCUT2D eigenvalue weighted by Gasteiger charge is 2.33. The third-order valence-electron chi connectivity index (χ3n) is 2.12. The summed E-state index contributed by atoms with van der Waals surface area (Å²) in [6, 6.07) is 0. The lowest BCUT2D eigenvalue weighted by Gasteiger charge is -2.17. The van der Waals surface area contributed by atoms with Gasteiger partial charge < -0.3 is 4.90 Å². The van der Waals surface area contributed by atoms with E-state index in [1.54, 1.807) is 4.90 Å². The van der Waals surface area contributed by atoms with E-state index in [1.807, 2.05) is 13.8 Å². The molecule has 0 saturated carbocycles. The Hall–Kier alpha value is -0.570. The maximum atomic E-state index is 11.3. The minimum Gasteiger partial charge on any atom is -0.342 e. The number of amides is 1. The number of likely N-dealkylation sites (tertiary alicyclic amines) is 1. The fourth-order valence-corrected chi connectivity index (χ4v) is 1.69. The summed E-state index contributed by atoms with van der Waals surface area (Å²) in [5.74, 6) is 0.203. The third-order valence-corrected chi connectivity index (χ3v) is 2.43. The van der Waals surface area contributed by atoms with E-state index in [-0.39, 0.29) is 23.5 Å². The Labute approximate surface area is 83.0 Å². The molecule has 0 aliphatic carbocycles. The largest absolute Gasteiger partial charge is 0.342 e. The van der Waals surface area contributed by atoms with Crippen molar-refractivity contribution >= 4 is 22.8 Å². The van der Waals surface area contributed by atoms with Crippen LogP contribution in [0.5, 0.6) is 0 Å². The molecule has 0 aromatic carbocycles. The zero-order valence-electron chi connectivity index (χ0n) is 7.92.